The van der Waals surface area contributed by atoms with Gasteiger partial charge in [0.2, 0.25) is 11.8 Å². The summed E-state index contributed by atoms with van der Waals surface area (Å²) in [5.74, 6) is 1.07. The van der Waals surface area contributed by atoms with Crippen molar-refractivity contribution in [2.45, 2.75) is 63.7 Å². The zero-order valence-corrected chi connectivity index (χ0v) is 21.7. The van der Waals surface area contributed by atoms with E-state index in [0.29, 0.717) is 36.4 Å². The maximum Gasteiger partial charge on any atom is 0.230 e. The van der Waals surface area contributed by atoms with Crippen LogP contribution >= 0.6 is 23.4 Å². The zero-order chi connectivity index (χ0) is 24.5. The predicted octanol–water partition coefficient (Wildman–Crippen LogP) is 4.72. The van der Waals surface area contributed by atoms with Crippen molar-refractivity contribution in [2.24, 2.45) is 0 Å². The molecule has 2 atom stereocenters. The maximum atomic E-state index is 12.6. The lowest BCUT2D eigenvalue weighted by Gasteiger charge is -2.40. The first-order valence-electron chi connectivity index (χ1n) is 11.9. The van der Waals surface area contributed by atoms with Gasteiger partial charge in [-0.1, -0.05) is 73.5 Å². The molecule has 1 aromatic heterocycles. The standard InChI is InChI=1S/C25H34ClN5O2S/c1-4-5-7-12-24(33)31-14-13-30(16-18(31)2)22-15-21(26)28-25(29-22)34-17-23(32)27-19(3)20-10-8-6-9-11-20/h6,8-11,15,18-19H,4-5,7,12-14,16-17H2,1-3H3,(H,27,32). The van der Waals surface area contributed by atoms with Gasteiger partial charge in [0.15, 0.2) is 5.16 Å². The molecule has 0 bridgehead atoms. The van der Waals surface area contributed by atoms with Gasteiger partial charge >= 0.3 is 0 Å². The number of halogens is 1. The molecule has 184 valence electrons. The number of hydrogen-bond acceptors (Lipinski definition) is 6. The smallest absolute Gasteiger partial charge is 0.230 e. The fourth-order valence-electron chi connectivity index (χ4n) is 4.06. The van der Waals surface area contributed by atoms with Crippen LogP contribution in [-0.4, -0.2) is 58.1 Å². The van der Waals surface area contributed by atoms with Crippen LogP contribution < -0.4 is 10.2 Å². The Bertz CT molecular complexity index is 962. The Labute approximate surface area is 211 Å². The summed E-state index contributed by atoms with van der Waals surface area (Å²) in [6, 6.07) is 11.6. The Hall–Kier alpha value is -2.32. The van der Waals surface area contributed by atoms with Crippen molar-refractivity contribution < 1.29 is 9.59 Å². The monoisotopic (exact) mass is 503 g/mol. The number of carbonyl (C=O) groups excluding carboxylic acids is 2. The van der Waals surface area contributed by atoms with E-state index in [1.165, 1.54) is 11.8 Å². The summed E-state index contributed by atoms with van der Waals surface area (Å²) in [6.07, 6.45) is 3.76. The first kappa shape index (κ1) is 26.3. The van der Waals surface area contributed by atoms with Gasteiger partial charge < -0.3 is 15.1 Å². The van der Waals surface area contributed by atoms with Crippen LogP contribution in [0.15, 0.2) is 41.6 Å². The normalized spacial score (nSPS) is 16.9. The van der Waals surface area contributed by atoms with Gasteiger partial charge in [0, 0.05) is 38.2 Å². The molecule has 2 unspecified atom stereocenters. The maximum absolute atomic E-state index is 12.6. The molecule has 2 aromatic rings. The average molecular weight is 504 g/mol. The summed E-state index contributed by atoms with van der Waals surface area (Å²) in [5.41, 5.74) is 1.05. The molecule has 3 rings (SSSR count). The minimum absolute atomic E-state index is 0.0763. The highest BCUT2D eigenvalue weighted by Crippen LogP contribution is 2.24. The minimum Gasteiger partial charge on any atom is -0.353 e. The number of piperazine rings is 1. The van der Waals surface area contributed by atoms with Gasteiger partial charge in [0.1, 0.15) is 11.0 Å². The molecule has 1 fully saturated rings. The quantitative estimate of drug-likeness (QED) is 0.219. The fourth-order valence-corrected chi connectivity index (χ4v) is 4.95. The molecule has 7 nitrogen and oxygen atoms in total. The molecule has 9 heteroatoms. The SMILES string of the molecule is CCCCCC(=O)N1CCN(c2cc(Cl)nc(SCC(=O)NC(C)c3ccccc3)n2)CC1C. The summed E-state index contributed by atoms with van der Waals surface area (Å²) in [5, 5.41) is 3.81. The Kier molecular flexibility index (Phi) is 10.0. The second kappa shape index (κ2) is 13.0. The molecule has 34 heavy (non-hydrogen) atoms. The van der Waals surface area contributed by atoms with Gasteiger partial charge in [-0.05, 0) is 25.8 Å². The zero-order valence-electron chi connectivity index (χ0n) is 20.2. The molecule has 0 radical (unpaired) electrons. The molecule has 1 aliphatic heterocycles. The first-order chi connectivity index (χ1) is 16.4. The van der Waals surface area contributed by atoms with Crippen molar-refractivity contribution in [3.8, 4) is 0 Å². The summed E-state index contributed by atoms with van der Waals surface area (Å²) in [4.78, 5) is 38.0. The van der Waals surface area contributed by atoms with Gasteiger partial charge in [0.05, 0.1) is 11.8 Å². The van der Waals surface area contributed by atoms with Crippen LogP contribution in [0, 0.1) is 0 Å². The van der Waals surface area contributed by atoms with Crippen LogP contribution in [0.2, 0.25) is 5.15 Å². The van der Waals surface area contributed by atoms with Crippen LogP contribution in [-0.2, 0) is 9.59 Å². The van der Waals surface area contributed by atoms with E-state index in [0.717, 1.165) is 30.6 Å². The third-order valence-electron chi connectivity index (χ3n) is 5.94. The number of anilines is 1. The molecule has 2 heterocycles. The second-order valence-electron chi connectivity index (χ2n) is 8.66. The van der Waals surface area contributed by atoms with E-state index < -0.39 is 0 Å². The number of nitrogens with one attached hydrogen (secondary N) is 1. The number of rotatable bonds is 10. The molecule has 2 amide bonds. The van der Waals surface area contributed by atoms with E-state index in [9.17, 15) is 9.59 Å². The second-order valence-corrected chi connectivity index (χ2v) is 9.99. The van der Waals surface area contributed by atoms with E-state index in [2.05, 4.69) is 34.0 Å². The molecule has 1 aromatic carbocycles. The Balaban J connectivity index is 1.54. The number of amides is 2. The van der Waals surface area contributed by atoms with Gasteiger partial charge in [-0.15, -0.1) is 0 Å². The van der Waals surface area contributed by atoms with Crippen molar-refractivity contribution in [3.63, 3.8) is 0 Å². The Morgan fingerprint density at radius 3 is 2.68 bits per heavy atom. The third kappa shape index (κ3) is 7.60. The molecule has 1 N–H and O–H groups in total. The molecular formula is C25H34ClN5O2S. The van der Waals surface area contributed by atoms with Crippen molar-refractivity contribution in [1.82, 2.24) is 20.2 Å². The van der Waals surface area contributed by atoms with E-state index in [1.54, 1.807) is 6.07 Å². The van der Waals surface area contributed by atoms with Crippen LogP contribution in [0.1, 0.15) is 58.1 Å². The van der Waals surface area contributed by atoms with Crippen LogP contribution in [0.5, 0.6) is 0 Å². The highest BCUT2D eigenvalue weighted by atomic mass is 35.5. The van der Waals surface area contributed by atoms with Gasteiger partial charge in [-0.25, -0.2) is 9.97 Å². The summed E-state index contributed by atoms with van der Waals surface area (Å²) >= 11 is 7.54. The van der Waals surface area contributed by atoms with Gasteiger partial charge in [-0.3, -0.25) is 9.59 Å². The van der Waals surface area contributed by atoms with E-state index in [-0.39, 0.29) is 29.7 Å². The number of unbranched alkanes of at least 4 members (excludes halogenated alkanes) is 2. The van der Waals surface area contributed by atoms with Crippen molar-refractivity contribution in [3.05, 3.63) is 47.1 Å². The average Bonchev–Trinajstić information content (AvgIpc) is 2.83. The number of benzene rings is 1. The molecule has 1 saturated heterocycles. The Morgan fingerprint density at radius 1 is 1.21 bits per heavy atom. The molecule has 1 aliphatic rings. The van der Waals surface area contributed by atoms with Gasteiger partial charge in [-0.2, -0.15) is 0 Å². The first-order valence-corrected chi connectivity index (χ1v) is 13.3. The number of hydrogen-bond donors (Lipinski definition) is 1. The lowest BCUT2D eigenvalue weighted by Crippen LogP contribution is -2.54. The summed E-state index contributed by atoms with van der Waals surface area (Å²) in [7, 11) is 0. The highest BCUT2D eigenvalue weighted by Gasteiger charge is 2.28. The summed E-state index contributed by atoms with van der Waals surface area (Å²) < 4.78 is 0. The van der Waals surface area contributed by atoms with E-state index in [1.807, 2.05) is 42.2 Å². The van der Waals surface area contributed by atoms with Crippen LogP contribution in [0.4, 0.5) is 5.82 Å². The predicted molar refractivity (Wildman–Crippen MR) is 138 cm³/mol. The van der Waals surface area contributed by atoms with Crippen molar-refractivity contribution >= 4 is 41.0 Å². The number of nitrogens with zero attached hydrogens (tertiary/aromatic N) is 4. The van der Waals surface area contributed by atoms with Crippen molar-refractivity contribution in [2.75, 3.05) is 30.3 Å². The molecule has 0 spiro atoms. The van der Waals surface area contributed by atoms with E-state index >= 15 is 0 Å². The van der Waals surface area contributed by atoms with Crippen molar-refractivity contribution in [1.29, 1.82) is 0 Å². The fraction of sp³-hybridized carbons (Fsp3) is 0.520. The van der Waals surface area contributed by atoms with E-state index in [4.69, 9.17) is 11.6 Å². The summed E-state index contributed by atoms with van der Waals surface area (Å²) in [6.45, 7) is 8.21. The number of thioether (sulfide) groups is 1. The lowest BCUT2D eigenvalue weighted by atomic mass is 10.1. The minimum atomic E-state index is -0.0877. The largest absolute Gasteiger partial charge is 0.353 e. The molecular weight excluding hydrogens is 470 g/mol. The molecule has 0 aliphatic carbocycles. The number of aromatic nitrogens is 2. The highest BCUT2D eigenvalue weighted by molar-refractivity contribution is 7.99. The Morgan fingerprint density at radius 2 is 1.97 bits per heavy atom. The third-order valence-corrected chi connectivity index (χ3v) is 6.98. The molecule has 0 saturated carbocycles. The van der Waals surface area contributed by atoms with Gasteiger partial charge in [0.25, 0.3) is 0 Å². The van der Waals surface area contributed by atoms with Crippen LogP contribution in [0.3, 0.4) is 0 Å². The number of carbonyl (C=O) groups is 2. The lowest BCUT2D eigenvalue weighted by molar-refractivity contribution is -0.133. The van der Waals surface area contributed by atoms with Crippen LogP contribution in [0.25, 0.3) is 0 Å². The topological polar surface area (TPSA) is 78.4 Å².